The van der Waals surface area contributed by atoms with E-state index in [1.165, 1.54) is 17.5 Å². The summed E-state index contributed by atoms with van der Waals surface area (Å²) in [6.07, 6.45) is 4.82. The molecule has 0 radical (unpaired) electrons. The molecule has 3 rings (SSSR count). The van der Waals surface area contributed by atoms with E-state index in [1.54, 1.807) is 0 Å². The van der Waals surface area contributed by atoms with Crippen LogP contribution in [0.4, 0.5) is 0 Å². The number of aryl methyl sites for hydroxylation is 2. The average molecular weight is 295 g/mol. The lowest BCUT2D eigenvalue weighted by Crippen LogP contribution is -2.33. The van der Waals surface area contributed by atoms with Gasteiger partial charge in [-0.1, -0.05) is 49.4 Å². The Labute approximate surface area is 133 Å². The Morgan fingerprint density at radius 2 is 1.64 bits per heavy atom. The van der Waals surface area contributed by atoms with Crippen molar-refractivity contribution in [3.63, 3.8) is 0 Å². The largest absolute Gasteiger partial charge is 0.475 e. The molecule has 0 spiro atoms. The van der Waals surface area contributed by atoms with E-state index in [0.717, 1.165) is 38.1 Å². The summed E-state index contributed by atoms with van der Waals surface area (Å²) < 4.78 is 6.12. The van der Waals surface area contributed by atoms with Crippen LogP contribution in [-0.4, -0.2) is 24.2 Å². The van der Waals surface area contributed by atoms with Gasteiger partial charge in [0.15, 0.2) is 6.23 Å². The second-order valence-corrected chi connectivity index (χ2v) is 5.97. The molecule has 1 heterocycles. The molecule has 0 saturated carbocycles. The summed E-state index contributed by atoms with van der Waals surface area (Å²) in [5, 5.41) is 0. The summed E-state index contributed by atoms with van der Waals surface area (Å²) >= 11 is 0. The van der Waals surface area contributed by atoms with Crippen LogP contribution in [0.2, 0.25) is 0 Å². The SMILES string of the molecule is CCN1CCCC1Oc1ccc(CCc2ccccc2)cc1. The van der Waals surface area contributed by atoms with Gasteiger partial charge in [-0.3, -0.25) is 4.90 Å². The molecule has 116 valence electrons. The summed E-state index contributed by atoms with van der Waals surface area (Å²) in [5.74, 6) is 0.994. The summed E-state index contributed by atoms with van der Waals surface area (Å²) in [6, 6.07) is 19.3. The van der Waals surface area contributed by atoms with Gasteiger partial charge in [-0.05, 0) is 55.5 Å². The lowest BCUT2D eigenvalue weighted by atomic mass is 10.0. The molecule has 1 aliphatic heterocycles. The molecule has 1 unspecified atom stereocenters. The van der Waals surface area contributed by atoms with Gasteiger partial charge in [0.2, 0.25) is 0 Å². The van der Waals surface area contributed by atoms with Crippen LogP contribution < -0.4 is 4.74 Å². The molecule has 1 aliphatic rings. The molecule has 2 nitrogen and oxygen atoms in total. The van der Waals surface area contributed by atoms with E-state index in [0.29, 0.717) is 0 Å². The van der Waals surface area contributed by atoms with Crippen molar-refractivity contribution < 1.29 is 4.74 Å². The highest BCUT2D eigenvalue weighted by Gasteiger charge is 2.24. The zero-order chi connectivity index (χ0) is 15.2. The van der Waals surface area contributed by atoms with Gasteiger partial charge in [-0.2, -0.15) is 0 Å². The van der Waals surface area contributed by atoms with E-state index in [1.807, 2.05) is 0 Å². The van der Waals surface area contributed by atoms with Crippen molar-refractivity contribution in [3.8, 4) is 5.75 Å². The zero-order valence-corrected chi connectivity index (χ0v) is 13.4. The van der Waals surface area contributed by atoms with Crippen LogP contribution in [-0.2, 0) is 12.8 Å². The molecule has 1 saturated heterocycles. The number of nitrogens with zero attached hydrogens (tertiary/aromatic N) is 1. The molecule has 0 aromatic heterocycles. The molecule has 1 atom stereocenters. The van der Waals surface area contributed by atoms with Crippen LogP contribution in [0.25, 0.3) is 0 Å². The summed E-state index contributed by atoms with van der Waals surface area (Å²) in [6.45, 7) is 4.44. The Bertz CT molecular complexity index is 564. The maximum absolute atomic E-state index is 6.12. The summed E-state index contributed by atoms with van der Waals surface area (Å²) in [5.41, 5.74) is 2.77. The van der Waals surface area contributed by atoms with Crippen LogP contribution in [0.15, 0.2) is 54.6 Å². The Balaban J connectivity index is 1.54. The molecule has 0 bridgehead atoms. The van der Waals surface area contributed by atoms with E-state index in [-0.39, 0.29) is 6.23 Å². The first-order chi connectivity index (χ1) is 10.8. The van der Waals surface area contributed by atoms with Crippen LogP contribution in [0.1, 0.15) is 30.9 Å². The average Bonchev–Trinajstić information content (AvgIpc) is 3.02. The van der Waals surface area contributed by atoms with E-state index in [4.69, 9.17) is 4.74 Å². The van der Waals surface area contributed by atoms with Gasteiger partial charge in [-0.15, -0.1) is 0 Å². The molecule has 22 heavy (non-hydrogen) atoms. The maximum atomic E-state index is 6.12. The van der Waals surface area contributed by atoms with Crippen LogP contribution in [0.3, 0.4) is 0 Å². The molecule has 1 fully saturated rings. The third kappa shape index (κ3) is 3.89. The Morgan fingerprint density at radius 3 is 2.32 bits per heavy atom. The van der Waals surface area contributed by atoms with E-state index < -0.39 is 0 Å². The highest BCUT2D eigenvalue weighted by molar-refractivity contribution is 5.28. The molecule has 0 aliphatic carbocycles. The molecule has 2 heteroatoms. The number of ether oxygens (including phenoxy) is 1. The third-order valence-electron chi connectivity index (χ3n) is 4.45. The molecular formula is C20H25NO. The fourth-order valence-electron chi connectivity index (χ4n) is 3.12. The number of hydrogen-bond acceptors (Lipinski definition) is 2. The first kappa shape index (κ1) is 15.1. The topological polar surface area (TPSA) is 12.5 Å². The van der Waals surface area contributed by atoms with Crippen molar-refractivity contribution in [1.82, 2.24) is 4.90 Å². The number of likely N-dealkylation sites (tertiary alicyclic amines) is 1. The third-order valence-corrected chi connectivity index (χ3v) is 4.45. The van der Waals surface area contributed by atoms with Crippen LogP contribution >= 0.6 is 0 Å². The molecular weight excluding hydrogens is 270 g/mol. The highest BCUT2D eigenvalue weighted by atomic mass is 16.5. The van der Waals surface area contributed by atoms with Gasteiger partial charge in [0, 0.05) is 6.54 Å². The lowest BCUT2D eigenvalue weighted by Gasteiger charge is -2.23. The minimum Gasteiger partial charge on any atom is -0.475 e. The lowest BCUT2D eigenvalue weighted by molar-refractivity contribution is 0.0650. The zero-order valence-electron chi connectivity index (χ0n) is 13.4. The van der Waals surface area contributed by atoms with E-state index in [2.05, 4.69) is 66.4 Å². The second kappa shape index (κ2) is 7.46. The van der Waals surface area contributed by atoms with Crippen LogP contribution in [0, 0.1) is 0 Å². The van der Waals surface area contributed by atoms with Gasteiger partial charge in [0.25, 0.3) is 0 Å². The number of rotatable bonds is 6. The Hall–Kier alpha value is -1.80. The Morgan fingerprint density at radius 1 is 0.955 bits per heavy atom. The first-order valence-corrected chi connectivity index (χ1v) is 8.38. The molecule has 2 aromatic rings. The minimum absolute atomic E-state index is 0.264. The Kier molecular flexibility index (Phi) is 5.12. The van der Waals surface area contributed by atoms with E-state index in [9.17, 15) is 0 Å². The monoisotopic (exact) mass is 295 g/mol. The molecule has 0 amide bonds. The van der Waals surface area contributed by atoms with Crippen molar-refractivity contribution >= 4 is 0 Å². The van der Waals surface area contributed by atoms with Crippen LogP contribution in [0.5, 0.6) is 5.75 Å². The summed E-state index contributed by atoms with van der Waals surface area (Å²) in [4.78, 5) is 2.41. The van der Waals surface area contributed by atoms with Crippen molar-refractivity contribution in [2.75, 3.05) is 13.1 Å². The van der Waals surface area contributed by atoms with Crippen molar-refractivity contribution in [1.29, 1.82) is 0 Å². The quantitative estimate of drug-likeness (QED) is 0.788. The minimum atomic E-state index is 0.264. The fraction of sp³-hybridized carbons (Fsp3) is 0.400. The first-order valence-electron chi connectivity index (χ1n) is 8.38. The predicted molar refractivity (Wildman–Crippen MR) is 91.2 cm³/mol. The van der Waals surface area contributed by atoms with Crippen molar-refractivity contribution in [3.05, 3.63) is 65.7 Å². The fourth-order valence-corrected chi connectivity index (χ4v) is 3.12. The highest BCUT2D eigenvalue weighted by Crippen LogP contribution is 2.22. The number of hydrogen-bond donors (Lipinski definition) is 0. The van der Waals surface area contributed by atoms with Gasteiger partial charge < -0.3 is 4.74 Å². The normalized spacial score (nSPS) is 18.5. The van der Waals surface area contributed by atoms with Crippen molar-refractivity contribution in [2.45, 2.75) is 38.8 Å². The number of benzene rings is 2. The summed E-state index contributed by atoms with van der Waals surface area (Å²) in [7, 11) is 0. The smallest absolute Gasteiger partial charge is 0.152 e. The predicted octanol–water partition coefficient (Wildman–Crippen LogP) is 4.29. The maximum Gasteiger partial charge on any atom is 0.152 e. The van der Waals surface area contributed by atoms with E-state index >= 15 is 0 Å². The second-order valence-electron chi connectivity index (χ2n) is 5.97. The molecule has 2 aromatic carbocycles. The standard InChI is InChI=1S/C20H25NO/c1-2-21-16-6-9-20(21)22-19-14-12-18(13-15-19)11-10-17-7-4-3-5-8-17/h3-5,7-8,12-15,20H,2,6,9-11,16H2,1H3. The van der Waals surface area contributed by atoms with Gasteiger partial charge >= 0.3 is 0 Å². The molecule has 0 N–H and O–H groups in total. The van der Waals surface area contributed by atoms with Gasteiger partial charge in [-0.25, -0.2) is 0 Å². The van der Waals surface area contributed by atoms with Gasteiger partial charge in [0.1, 0.15) is 5.75 Å². The van der Waals surface area contributed by atoms with Crippen molar-refractivity contribution in [2.24, 2.45) is 0 Å². The van der Waals surface area contributed by atoms with Gasteiger partial charge in [0.05, 0.1) is 0 Å².